The SMILES string of the molecule is CC(C)C(NC(=O)c1ccccc1)C(=O)N1CC(CN)CC1C.Cl. The van der Waals surface area contributed by atoms with E-state index in [9.17, 15) is 9.59 Å². The zero-order valence-electron chi connectivity index (χ0n) is 14.6. The molecule has 2 rings (SSSR count). The summed E-state index contributed by atoms with van der Waals surface area (Å²) in [5.74, 6) is 0.165. The first-order chi connectivity index (χ1) is 10.9. The minimum Gasteiger partial charge on any atom is -0.340 e. The average molecular weight is 354 g/mol. The van der Waals surface area contributed by atoms with E-state index in [4.69, 9.17) is 5.73 Å². The molecule has 1 aliphatic heterocycles. The Hall–Kier alpha value is -1.59. The third-order valence-electron chi connectivity index (χ3n) is 4.53. The number of carbonyl (C=O) groups excluding carboxylic acids is 2. The molecule has 134 valence electrons. The molecule has 0 aromatic heterocycles. The number of benzene rings is 1. The minimum absolute atomic E-state index is 0. The van der Waals surface area contributed by atoms with Crippen molar-refractivity contribution in [1.29, 1.82) is 0 Å². The Labute approximate surface area is 150 Å². The molecule has 3 unspecified atom stereocenters. The summed E-state index contributed by atoms with van der Waals surface area (Å²) in [6.07, 6.45) is 0.930. The molecule has 0 aliphatic carbocycles. The van der Waals surface area contributed by atoms with Crippen molar-refractivity contribution in [3.05, 3.63) is 35.9 Å². The predicted molar refractivity (Wildman–Crippen MR) is 98.1 cm³/mol. The molecule has 1 aromatic rings. The number of nitrogens with zero attached hydrogens (tertiary/aromatic N) is 1. The summed E-state index contributed by atoms with van der Waals surface area (Å²) in [5, 5.41) is 2.90. The van der Waals surface area contributed by atoms with Crippen LogP contribution in [0.2, 0.25) is 0 Å². The van der Waals surface area contributed by atoms with Crippen LogP contribution in [0, 0.1) is 11.8 Å². The van der Waals surface area contributed by atoms with Gasteiger partial charge in [-0.1, -0.05) is 32.0 Å². The van der Waals surface area contributed by atoms with Gasteiger partial charge in [-0.15, -0.1) is 12.4 Å². The van der Waals surface area contributed by atoms with Crippen LogP contribution in [0.4, 0.5) is 0 Å². The van der Waals surface area contributed by atoms with Gasteiger partial charge in [0.1, 0.15) is 6.04 Å². The summed E-state index contributed by atoms with van der Waals surface area (Å²) < 4.78 is 0. The number of likely N-dealkylation sites (tertiary alicyclic amines) is 1. The summed E-state index contributed by atoms with van der Waals surface area (Å²) in [7, 11) is 0. The van der Waals surface area contributed by atoms with Gasteiger partial charge in [0.15, 0.2) is 0 Å². The Morgan fingerprint density at radius 2 is 1.92 bits per heavy atom. The van der Waals surface area contributed by atoms with Crippen LogP contribution in [0.15, 0.2) is 30.3 Å². The highest BCUT2D eigenvalue weighted by Crippen LogP contribution is 2.24. The molecule has 3 atom stereocenters. The third-order valence-corrected chi connectivity index (χ3v) is 4.53. The van der Waals surface area contributed by atoms with E-state index in [1.807, 2.05) is 43.9 Å². The van der Waals surface area contributed by atoms with Crippen LogP contribution >= 0.6 is 12.4 Å². The first-order valence-corrected chi connectivity index (χ1v) is 8.30. The van der Waals surface area contributed by atoms with Gasteiger partial charge in [-0.05, 0) is 43.9 Å². The van der Waals surface area contributed by atoms with Gasteiger partial charge < -0.3 is 16.0 Å². The maximum Gasteiger partial charge on any atom is 0.251 e. The molecule has 1 heterocycles. The maximum atomic E-state index is 12.9. The highest BCUT2D eigenvalue weighted by molar-refractivity contribution is 5.97. The van der Waals surface area contributed by atoms with E-state index in [0.717, 1.165) is 6.42 Å². The van der Waals surface area contributed by atoms with Gasteiger partial charge in [0.25, 0.3) is 5.91 Å². The Morgan fingerprint density at radius 1 is 1.29 bits per heavy atom. The predicted octanol–water partition coefficient (Wildman–Crippen LogP) is 2.06. The zero-order chi connectivity index (χ0) is 17.0. The van der Waals surface area contributed by atoms with Crippen LogP contribution in [-0.4, -0.2) is 41.9 Å². The molecule has 0 radical (unpaired) electrons. The van der Waals surface area contributed by atoms with Crippen molar-refractivity contribution >= 4 is 24.2 Å². The molecule has 24 heavy (non-hydrogen) atoms. The molecular formula is C18H28ClN3O2. The van der Waals surface area contributed by atoms with Crippen LogP contribution in [0.3, 0.4) is 0 Å². The second-order valence-corrected chi connectivity index (χ2v) is 6.74. The maximum absolute atomic E-state index is 12.9. The van der Waals surface area contributed by atoms with Crippen LogP contribution in [0.5, 0.6) is 0 Å². The van der Waals surface area contributed by atoms with Crippen molar-refractivity contribution < 1.29 is 9.59 Å². The quantitative estimate of drug-likeness (QED) is 0.850. The van der Waals surface area contributed by atoms with Gasteiger partial charge in [0.2, 0.25) is 5.91 Å². The van der Waals surface area contributed by atoms with E-state index >= 15 is 0 Å². The van der Waals surface area contributed by atoms with Gasteiger partial charge in [-0.25, -0.2) is 0 Å². The monoisotopic (exact) mass is 353 g/mol. The number of rotatable bonds is 5. The fourth-order valence-corrected chi connectivity index (χ4v) is 3.13. The number of amides is 2. The second kappa shape index (κ2) is 9.04. The Balaban J connectivity index is 0.00000288. The van der Waals surface area contributed by atoms with Crippen molar-refractivity contribution in [1.82, 2.24) is 10.2 Å². The molecule has 6 heteroatoms. The molecule has 2 amide bonds. The Kier molecular flexibility index (Phi) is 7.70. The summed E-state index contributed by atoms with van der Waals surface area (Å²) in [6.45, 7) is 7.23. The van der Waals surface area contributed by atoms with E-state index in [0.29, 0.717) is 24.6 Å². The Morgan fingerprint density at radius 3 is 2.42 bits per heavy atom. The topological polar surface area (TPSA) is 75.4 Å². The molecule has 3 N–H and O–H groups in total. The van der Waals surface area contributed by atoms with Gasteiger partial charge in [-0.2, -0.15) is 0 Å². The number of hydrogen-bond donors (Lipinski definition) is 2. The highest BCUT2D eigenvalue weighted by Gasteiger charge is 2.36. The summed E-state index contributed by atoms with van der Waals surface area (Å²) in [5.41, 5.74) is 6.31. The molecule has 0 spiro atoms. The number of nitrogens with two attached hydrogens (primary N) is 1. The lowest BCUT2D eigenvalue weighted by atomic mass is 10.0. The van der Waals surface area contributed by atoms with Crippen LogP contribution in [0.25, 0.3) is 0 Å². The molecule has 1 aliphatic rings. The number of hydrogen-bond acceptors (Lipinski definition) is 3. The molecular weight excluding hydrogens is 326 g/mol. The van der Waals surface area contributed by atoms with Gasteiger partial charge in [0, 0.05) is 18.2 Å². The van der Waals surface area contributed by atoms with Gasteiger partial charge in [-0.3, -0.25) is 9.59 Å². The zero-order valence-corrected chi connectivity index (χ0v) is 15.4. The number of carbonyl (C=O) groups is 2. The smallest absolute Gasteiger partial charge is 0.251 e. The van der Waals surface area contributed by atoms with Crippen molar-refractivity contribution in [3.8, 4) is 0 Å². The highest BCUT2D eigenvalue weighted by atomic mass is 35.5. The van der Waals surface area contributed by atoms with E-state index < -0.39 is 6.04 Å². The lowest BCUT2D eigenvalue weighted by Crippen LogP contribution is -2.52. The molecule has 0 bridgehead atoms. The fraction of sp³-hybridized carbons (Fsp3) is 0.556. The lowest BCUT2D eigenvalue weighted by Gasteiger charge is -2.29. The number of halogens is 1. The first kappa shape index (κ1) is 20.5. The Bertz CT molecular complexity index is 550. The van der Waals surface area contributed by atoms with Crippen molar-refractivity contribution in [2.45, 2.75) is 39.3 Å². The third kappa shape index (κ3) is 4.71. The van der Waals surface area contributed by atoms with Crippen molar-refractivity contribution in [2.24, 2.45) is 17.6 Å². The van der Waals surface area contributed by atoms with Crippen molar-refractivity contribution in [3.63, 3.8) is 0 Å². The molecule has 0 saturated carbocycles. The minimum atomic E-state index is -0.512. The molecule has 1 aromatic carbocycles. The lowest BCUT2D eigenvalue weighted by molar-refractivity contribution is -0.135. The summed E-state index contributed by atoms with van der Waals surface area (Å²) in [6, 6.07) is 8.65. The van der Waals surface area contributed by atoms with Crippen LogP contribution in [-0.2, 0) is 4.79 Å². The number of nitrogens with one attached hydrogen (secondary N) is 1. The van der Waals surface area contributed by atoms with E-state index in [1.165, 1.54) is 0 Å². The second-order valence-electron chi connectivity index (χ2n) is 6.74. The van der Waals surface area contributed by atoms with Crippen LogP contribution < -0.4 is 11.1 Å². The molecule has 1 fully saturated rings. The van der Waals surface area contributed by atoms with Gasteiger partial charge >= 0.3 is 0 Å². The summed E-state index contributed by atoms with van der Waals surface area (Å²) >= 11 is 0. The van der Waals surface area contributed by atoms with Crippen LogP contribution in [0.1, 0.15) is 37.6 Å². The van der Waals surface area contributed by atoms with Gasteiger partial charge in [0.05, 0.1) is 0 Å². The van der Waals surface area contributed by atoms with E-state index in [2.05, 4.69) is 5.32 Å². The molecule has 1 saturated heterocycles. The standard InChI is InChI=1S/C18H27N3O2.ClH/c1-12(2)16(20-17(22)15-7-5-4-6-8-15)18(23)21-11-14(10-19)9-13(21)3;/h4-8,12-14,16H,9-11,19H2,1-3H3,(H,20,22);1H. The van der Waals surface area contributed by atoms with Crippen molar-refractivity contribution in [2.75, 3.05) is 13.1 Å². The van der Waals surface area contributed by atoms with E-state index in [1.54, 1.807) is 12.1 Å². The normalized spacial score (nSPS) is 21.3. The fourth-order valence-electron chi connectivity index (χ4n) is 3.13. The largest absolute Gasteiger partial charge is 0.340 e. The summed E-state index contributed by atoms with van der Waals surface area (Å²) in [4.78, 5) is 27.1. The average Bonchev–Trinajstić information content (AvgIpc) is 2.93. The van der Waals surface area contributed by atoms with E-state index in [-0.39, 0.29) is 36.2 Å². The molecule has 5 nitrogen and oxygen atoms in total. The first-order valence-electron chi connectivity index (χ1n) is 8.30.